The Morgan fingerprint density at radius 1 is 1.43 bits per heavy atom. The molecule has 1 amide bonds. The lowest BCUT2D eigenvalue weighted by Gasteiger charge is -2.23. The molecule has 0 radical (unpaired) electrons. The van der Waals surface area contributed by atoms with Crippen molar-refractivity contribution in [2.24, 2.45) is 5.41 Å². The third-order valence-electron chi connectivity index (χ3n) is 3.13. The average Bonchev–Trinajstić information content (AvgIpc) is 2.86. The zero-order valence-corrected chi connectivity index (χ0v) is 12.7. The number of nitrogens with one attached hydrogen (secondary N) is 1. The summed E-state index contributed by atoms with van der Waals surface area (Å²) in [7, 11) is 0. The van der Waals surface area contributed by atoms with E-state index in [4.69, 9.17) is 5.11 Å². The van der Waals surface area contributed by atoms with Crippen molar-refractivity contribution in [2.45, 2.75) is 33.1 Å². The van der Waals surface area contributed by atoms with Crippen molar-refractivity contribution in [3.05, 3.63) is 27.1 Å². The number of aliphatic carboxylic acids is 1. The number of nitro groups is 1. The molecule has 0 saturated heterocycles. The van der Waals surface area contributed by atoms with Crippen molar-refractivity contribution in [2.75, 3.05) is 6.54 Å². The second-order valence-corrected chi connectivity index (χ2v) is 6.38. The molecule has 0 aromatic carbocycles. The van der Waals surface area contributed by atoms with Crippen molar-refractivity contribution in [1.29, 1.82) is 0 Å². The van der Waals surface area contributed by atoms with E-state index in [0.29, 0.717) is 19.4 Å². The number of hydrogen-bond donors (Lipinski definition) is 2. The van der Waals surface area contributed by atoms with Gasteiger partial charge in [0.15, 0.2) is 0 Å². The van der Waals surface area contributed by atoms with Crippen LogP contribution < -0.4 is 5.32 Å². The lowest BCUT2D eigenvalue weighted by molar-refractivity contribution is -0.380. The molecule has 0 spiro atoms. The summed E-state index contributed by atoms with van der Waals surface area (Å²) in [6, 6.07) is 1.25. The quantitative estimate of drug-likeness (QED) is 0.566. The van der Waals surface area contributed by atoms with Gasteiger partial charge in [-0.15, -0.1) is 0 Å². The fraction of sp³-hybridized carbons (Fsp3) is 0.538. The molecular formula is C13H18N2O5S. The van der Waals surface area contributed by atoms with Gasteiger partial charge in [-0.1, -0.05) is 25.2 Å². The van der Waals surface area contributed by atoms with Gasteiger partial charge in [0.1, 0.15) is 0 Å². The van der Waals surface area contributed by atoms with Crippen LogP contribution in [0.25, 0.3) is 0 Å². The molecule has 116 valence electrons. The molecule has 8 heteroatoms. The van der Waals surface area contributed by atoms with Gasteiger partial charge < -0.3 is 10.4 Å². The first-order valence-electron chi connectivity index (χ1n) is 6.44. The number of carbonyl (C=O) groups is 2. The van der Waals surface area contributed by atoms with Crippen molar-refractivity contribution in [3.8, 4) is 0 Å². The first-order valence-corrected chi connectivity index (χ1v) is 7.32. The molecule has 0 aliphatic carbocycles. The van der Waals surface area contributed by atoms with Crippen LogP contribution >= 0.6 is 11.3 Å². The number of rotatable bonds is 8. The summed E-state index contributed by atoms with van der Waals surface area (Å²) in [5, 5.41) is 23.3. The molecule has 0 aliphatic heterocycles. The number of nitrogens with zero attached hydrogens (tertiary/aromatic N) is 1. The smallest absolute Gasteiger partial charge is 0.324 e. The summed E-state index contributed by atoms with van der Waals surface area (Å²) < 4.78 is 0. The minimum Gasteiger partial charge on any atom is -0.481 e. The highest BCUT2D eigenvalue weighted by molar-refractivity contribution is 7.13. The van der Waals surface area contributed by atoms with E-state index in [0.717, 1.165) is 11.3 Å². The van der Waals surface area contributed by atoms with Gasteiger partial charge >= 0.3 is 11.0 Å². The van der Waals surface area contributed by atoms with Crippen LogP contribution in [0.1, 0.15) is 43.5 Å². The Kier molecular flexibility index (Phi) is 5.83. The number of hydrogen-bond acceptors (Lipinski definition) is 5. The fourth-order valence-corrected chi connectivity index (χ4v) is 2.43. The van der Waals surface area contributed by atoms with E-state index in [9.17, 15) is 19.7 Å². The van der Waals surface area contributed by atoms with Crippen LogP contribution in [-0.4, -0.2) is 28.5 Å². The zero-order chi connectivity index (χ0) is 16.0. The molecule has 1 rings (SSSR count). The molecule has 7 nitrogen and oxygen atoms in total. The number of carbonyl (C=O) groups excluding carboxylic acids is 1. The fourth-order valence-electron chi connectivity index (χ4n) is 1.73. The Labute approximate surface area is 126 Å². The van der Waals surface area contributed by atoms with Crippen LogP contribution in [0.2, 0.25) is 0 Å². The molecule has 0 fully saturated rings. The maximum atomic E-state index is 11.8. The monoisotopic (exact) mass is 314 g/mol. The van der Waals surface area contributed by atoms with E-state index in [2.05, 4.69) is 5.32 Å². The molecule has 1 aromatic heterocycles. The molecular weight excluding hydrogens is 296 g/mol. The van der Waals surface area contributed by atoms with Gasteiger partial charge in [-0.25, -0.2) is 0 Å². The summed E-state index contributed by atoms with van der Waals surface area (Å²) in [4.78, 5) is 32.4. The Hall–Kier alpha value is -1.96. The van der Waals surface area contributed by atoms with E-state index in [1.165, 1.54) is 11.4 Å². The number of carboxylic acids is 1. The lowest BCUT2D eigenvalue weighted by atomic mass is 9.84. The Morgan fingerprint density at radius 2 is 2.10 bits per heavy atom. The Bertz CT molecular complexity index is 538. The predicted octanol–water partition coefficient (Wildman–Crippen LogP) is 2.67. The third-order valence-corrected chi connectivity index (χ3v) is 4.01. The number of amides is 1. The molecule has 0 unspecified atom stereocenters. The number of thiophene rings is 1. The topological polar surface area (TPSA) is 110 Å². The van der Waals surface area contributed by atoms with Crippen molar-refractivity contribution >= 4 is 28.2 Å². The second-order valence-electron chi connectivity index (χ2n) is 5.49. The molecule has 1 heterocycles. The van der Waals surface area contributed by atoms with Gasteiger partial charge in [-0.05, 0) is 18.3 Å². The van der Waals surface area contributed by atoms with Gasteiger partial charge in [-0.2, -0.15) is 0 Å². The van der Waals surface area contributed by atoms with E-state index >= 15 is 0 Å². The standard InChI is InChI=1S/C13H18N2O5S/c1-13(2,4-3-11(16)17)5-6-14-12(18)9-7-10(15(19)20)21-8-9/h7-8H,3-6H2,1-2H3,(H,14,18)(H,16,17). The van der Waals surface area contributed by atoms with Crippen LogP contribution in [0, 0.1) is 15.5 Å². The summed E-state index contributed by atoms with van der Waals surface area (Å²) in [5.41, 5.74) is 0.0850. The van der Waals surface area contributed by atoms with E-state index in [1.807, 2.05) is 13.8 Å². The molecule has 0 bridgehead atoms. The predicted molar refractivity (Wildman–Crippen MR) is 78.6 cm³/mol. The van der Waals surface area contributed by atoms with E-state index in [1.54, 1.807) is 0 Å². The summed E-state index contributed by atoms with van der Waals surface area (Å²) in [6.45, 7) is 4.28. The maximum absolute atomic E-state index is 11.8. The molecule has 2 N–H and O–H groups in total. The highest BCUT2D eigenvalue weighted by atomic mass is 32.1. The average molecular weight is 314 g/mol. The van der Waals surface area contributed by atoms with Crippen molar-refractivity contribution in [3.63, 3.8) is 0 Å². The summed E-state index contributed by atoms with van der Waals surface area (Å²) >= 11 is 0.911. The highest BCUT2D eigenvalue weighted by Gasteiger charge is 2.20. The lowest BCUT2D eigenvalue weighted by Crippen LogP contribution is -2.28. The van der Waals surface area contributed by atoms with Crippen LogP contribution in [0.4, 0.5) is 5.00 Å². The first kappa shape index (κ1) is 17.1. The molecule has 0 atom stereocenters. The third kappa shape index (κ3) is 5.90. The number of carboxylic acid groups (broad SMARTS) is 1. The molecule has 0 aliphatic rings. The van der Waals surface area contributed by atoms with Crippen LogP contribution in [0.3, 0.4) is 0 Å². The minimum atomic E-state index is -0.835. The highest BCUT2D eigenvalue weighted by Crippen LogP contribution is 2.26. The Balaban J connectivity index is 2.42. The SMILES string of the molecule is CC(C)(CCNC(=O)c1csc([N+](=O)[O-])c1)CCC(=O)O. The summed E-state index contributed by atoms with van der Waals surface area (Å²) in [5.74, 6) is -1.19. The van der Waals surface area contributed by atoms with Crippen LogP contribution in [0.5, 0.6) is 0 Å². The molecule has 21 heavy (non-hydrogen) atoms. The van der Waals surface area contributed by atoms with Crippen molar-refractivity contribution in [1.82, 2.24) is 5.32 Å². The maximum Gasteiger partial charge on any atom is 0.324 e. The van der Waals surface area contributed by atoms with Crippen LogP contribution in [-0.2, 0) is 4.79 Å². The first-order chi connectivity index (χ1) is 9.71. The van der Waals surface area contributed by atoms with E-state index in [-0.39, 0.29) is 28.3 Å². The van der Waals surface area contributed by atoms with Gasteiger partial charge in [0.25, 0.3) is 5.91 Å². The minimum absolute atomic E-state index is 0.0676. The zero-order valence-electron chi connectivity index (χ0n) is 11.9. The van der Waals surface area contributed by atoms with Gasteiger partial charge in [0.05, 0.1) is 10.5 Å². The van der Waals surface area contributed by atoms with Crippen molar-refractivity contribution < 1.29 is 19.6 Å². The summed E-state index contributed by atoms with van der Waals surface area (Å²) in [6.07, 6.45) is 1.26. The van der Waals surface area contributed by atoms with Crippen LogP contribution in [0.15, 0.2) is 11.4 Å². The van der Waals surface area contributed by atoms with E-state index < -0.39 is 10.9 Å². The van der Waals surface area contributed by atoms with Gasteiger partial charge in [0.2, 0.25) is 0 Å². The van der Waals surface area contributed by atoms with Gasteiger partial charge in [0, 0.05) is 24.4 Å². The van der Waals surface area contributed by atoms with Gasteiger partial charge in [-0.3, -0.25) is 19.7 Å². The Morgan fingerprint density at radius 3 is 2.62 bits per heavy atom. The largest absolute Gasteiger partial charge is 0.481 e. The molecule has 1 aromatic rings. The normalized spacial score (nSPS) is 11.1. The molecule has 0 saturated carbocycles. The second kappa shape index (κ2) is 7.16.